The number of likely N-dealkylation sites (tertiary alicyclic amines) is 1. The van der Waals surface area contributed by atoms with Crippen molar-refractivity contribution >= 4 is 5.91 Å². The summed E-state index contributed by atoms with van der Waals surface area (Å²) in [4.78, 5) is 14.6. The Balaban J connectivity index is 1.38. The zero-order chi connectivity index (χ0) is 18.2. The van der Waals surface area contributed by atoms with Gasteiger partial charge < -0.3 is 14.8 Å². The van der Waals surface area contributed by atoms with Gasteiger partial charge in [0.25, 0.3) is 5.91 Å². The summed E-state index contributed by atoms with van der Waals surface area (Å²) in [5.41, 5.74) is 1.33. The zero-order valence-corrected chi connectivity index (χ0v) is 15.2. The molecule has 1 heterocycles. The molecule has 1 fully saturated rings. The molecular formula is C21H26N2O3. The molecule has 0 radical (unpaired) electrons. The van der Waals surface area contributed by atoms with E-state index in [4.69, 9.17) is 9.47 Å². The fourth-order valence-electron chi connectivity index (χ4n) is 3.19. The van der Waals surface area contributed by atoms with Gasteiger partial charge in [0.2, 0.25) is 0 Å². The highest BCUT2D eigenvalue weighted by Gasteiger charge is 2.20. The number of hydrogen-bond donors (Lipinski definition) is 1. The van der Waals surface area contributed by atoms with E-state index in [0.29, 0.717) is 11.5 Å². The first-order valence-corrected chi connectivity index (χ1v) is 9.05. The molecule has 0 spiro atoms. The Morgan fingerprint density at radius 2 is 1.81 bits per heavy atom. The average Bonchev–Trinajstić information content (AvgIpc) is 2.69. The number of ether oxygens (including phenoxy) is 2. The van der Waals surface area contributed by atoms with Crippen LogP contribution in [-0.4, -0.2) is 43.7 Å². The Bertz CT molecular complexity index is 697. The van der Waals surface area contributed by atoms with Crippen LogP contribution in [0.2, 0.25) is 0 Å². The molecule has 26 heavy (non-hydrogen) atoms. The summed E-state index contributed by atoms with van der Waals surface area (Å²) in [7, 11) is 1.61. The van der Waals surface area contributed by atoms with Crippen LogP contribution in [0.1, 0.15) is 18.4 Å². The third kappa shape index (κ3) is 5.49. The summed E-state index contributed by atoms with van der Waals surface area (Å²) in [5.74, 6) is 1.28. The molecular weight excluding hydrogens is 328 g/mol. The van der Waals surface area contributed by atoms with Crippen molar-refractivity contribution < 1.29 is 14.3 Å². The first-order valence-electron chi connectivity index (χ1n) is 9.05. The number of hydrogen-bond acceptors (Lipinski definition) is 4. The molecule has 1 amide bonds. The van der Waals surface area contributed by atoms with Crippen LogP contribution in [0, 0.1) is 0 Å². The molecule has 1 saturated heterocycles. The van der Waals surface area contributed by atoms with Crippen LogP contribution in [-0.2, 0) is 11.3 Å². The summed E-state index contributed by atoms with van der Waals surface area (Å²) < 4.78 is 10.7. The number of piperidine rings is 1. The van der Waals surface area contributed by atoms with Gasteiger partial charge in [0.05, 0.1) is 7.11 Å². The number of rotatable bonds is 7. The summed E-state index contributed by atoms with van der Waals surface area (Å²) in [5, 5.41) is 3.08. The topological polar surface area (TPSA) is 50.8 Å². The van der Waals surface area contributed by atoms with E-state index in [1.807, 2.05) is 24.3 Å². The van der Waals surface area contributed by atoms with E-state index in [1.165, 1.54) is 5.56 Å². The van der Waals surface area contributed by atoms with Crippen LogP contribution in [0.15, 0.2) is 54.6 Å². The molecule has 0 saturated carbocycles. The van der Waals surface area contributed by atoms with Crippen molar-refractivity contribution in [1.82, 2.24) is 10.2 Å². The van der Waals surface area contributed by atoms with Crippen molar-refractivity contribution in [2.24, 2.45) is 0 Å². The van der Waals surface area contributed by atoms with E-state index in [1.54, 1.807) is 13.2 Å². The standard InChI is InChI=1S/C21H26N2O3/c1-25-19-8-5-9-20(14-19)26-16-21(24)22-18-10-12-23(13-11-18)15-17-6-3-2-4-7-17/h2-9,14,18H,10-13,15-16H2,1H3,(H,22,24). The summed E-state index contributed by atoms with van der Waals surface area (Å²) in [6, 6.07) is 18.0. The molecule has 0 aliphatic carbocycles. The number of benzene rings is 2. The summed E-state index contributed by atoms with van der Waals surface area (Å²) in [6.07, 6.45) is 1.94. The van der Waals surface area contributed by atoms with E-state index in [-0.39, 0.29) is 18.6 Å². The molecule has 3 rings (SSSR count). The van der Waals surface area contributed by atoms with Crippen LogP contribution < -0.4 is 14.8 Å². The Morgan fingerprint density at radius 3 is 2.54 bits per heavy atom. The van der Waals surface area contributed by atoms with Crippen LogP contribution in [0.4, 0.5) is 0 Å². The maximum atomic E-state index is 12.1. The van der Waals surface area contributed by atoms with Crippen molar-refractivity contribution in [3.63, 3.8) is 0 Å². The minimum absolute atomic E-state index is 0.0252. The lowest BCUT2D eigenvalue weighted by molar-refractivity contribution is -0.124. The predicted octanol–water partition coefficient (Wildman–Crippen LogP) is 2.85. The molecule has 0 unspecified atom stereocenters. The van der Waals surface area contributed by atoms with Gasteiger partial charge in [0, 0.05) is 31.7 Å². The molecule has 1 aliphatic rings. The van der Waals surface area contributed by atoms with Crippen molar-refractivity contribution in [1.29, 1.82) is 0 Å². The van der Waals surface area contributed by atoms with Crippen LogP contribution >= 0.6 is 0 Å². The second-order valence-corrected chi connectivity index (χ2v) is 6.57. The maximum absolute atomic E-state index is 12.1. The molecule has 1 aliphatic heterocycles. The predicted molar refractivity (Wildman–Crippen MR) is 101 cm³/mol. The highest BCUT2D eigenvalue weighted by molar-refractivity contribution is 5.77. The molecule has 0 atom stereocenters. The van der Waals surface area contributed by atoms with Crippen molar-refractivity contribution in [2.45, 2.75) is 25.4 Å². The lowest BCUT2D eigenvalue weighted by Crippen LogP contribution is -2.45. The van der Waals surface area contributed by atoms with Gasteiger partial charge in [0.1, 0.15) is 11.5 Å². The molecule has 1 N–H and O–H groups in total. The quantitative estimate of drug-likeness (QED) is 0.831. The Kier molecular flexibility index (Phi) is 6.50. The third-order valence-corrected chi connectivity index (χ3v) is 4.61. The van der Waals surface area contributed by atoms with E-state index in [2.05, 4.69) is 34.5 Å². The second-order valence-electron chi connectivity index (χ2n) is 6.57. The minimum atomic E-state index is -0.0747. The minimum Gasteiger partial charge on any atom is -0.497 e. The lowest BCUT2D eigenvalue weighted by atomic mass is 10.0. The Morgan fingerprint density at radius 1 is 1.08 bits per heavy atom. The van der Waals surface area contributed by atoms with Crippen molar-refractivity contribution in [3.8, 4) is 11.5 Å². The molecule has 0 aromatic heterocycles. The number of amides is 1. The van der Waals surface area contributed by atoms with Crippen molar-refractivity contribution in [3.05, 3.63) is 60.2 Å². The van der Waals surface area contributed by atoms with E-state index in [9.17, 15) is 4.79 Å². The SMILES string of the molecule is COc1cccc(OCC(=O)NC2CCN(Cc3ccccc3)CC2)c1. The van der Waals surface area contributed by atoms with Gasteiger partial charge >= 0.3 is 0 Å². The molecule has 0 bridgehead atoms. The van der Waals surface area contributed by atoms with E-state index < -0.39 is 0 Å². The number of nitrogens with one attached hydrogen (secondary N) is 1. The molecule has 5 heteroatoms. The van der Waals surface area contributed by atoms with Gasteiger partial charge in [0.15, 0.2) is 6.61 Å². The average molecular weight is 354 g/mol. The van der Waals surface area contributed by atoms with E-state index in [0.717, 1.165) is 32.5 Å². The number of carbonyl (C=O) groups excluding carboxylic acids is 1. The molecule has 2 aromatic rings. The molecule has 138 valence electrons. The van der Waals surface area contributed by atoms with E-state index >= 15 is 0 Å². The van der Waals surface area contributed by atoms with Crippen molar-refractivity contribution in [2.75, 3.05) is 26.8 Å². The van der Waals surface area contributed by atoms with Gasteiger partial charge in [-0.25, -0.2) is 0 Å². The monoisotopic (exact) mass is 354 g/mol. The Labute approximate surface area is 154 Å². The number of nitrogens with zero attached hydrogens (tertiary/aromatic N) is 1. The van der Waals surface area contributed by atoms with Crippen LogP contribution in [0.25, 0.3) is 0 Å². The van der Waals surface area contributed by atoms with Crippen LogP contribution in [0.3, 0.4) is 0 Å². The molecule has 5 nitrogen and oxygen atoms in total. The normalized spacial score (nSPS) is 15.4. The van der Waals surface area contributed by atoms with Gasteiger partial charge in [-0.05, 0) is 30.5 Å². The van der Waals surface area contributed by atoms with Gasteiger partial charge in [-0.2, -0.15) is 0 Å². The first kappa shape index (κ1) is 18.3. The fourth-order valence-corrected chi connectivity index (χ4v) is 3.19. The third-order valence-electron chi connectivity index (χ3n) is 4.61. The van der Waals surface area contributed by atoms with Gasteiger partial charge in [-0.15, -0.1) is 0 Å². The second kappa shape index (κ2) is 9.25. The lowest BCUT2D eigenvalue weighted by Gasteiger charge is -2.32. The van der Waals surface area contributed by atoms with Crippen LogP contribution in [0.5, 0.6) is 11.5 Å². The molecule has 2 aromatic carbocycles. The number of carbonyl (C=O) groups is 1. The highest BCUT2D eigenvalue weighted by Crippen LogP contribution is 2.19. The zero-order valence-electron chi connectivity index (χ0n) is 15.2. The van der Waals surface area contributed by atoms with Gasteiger partial charge in [-0.3, -0.25) is 9.69 Å². The summed E-state index contributed by atoms with van der Waals surface area (Å²) >= 11 is 0. The largest absolute Gasteiger partial charge is 0.497 e. The summed E-state index contributed by atoms with van der Waals surface area (Å²) in [6.45, 7) is 2.99. The maximum Gasteiger partial charge on any atom is 0.258 e. The number of methoxy groups -OCH3 is 1. The first-order chi connectivity index (χ1) is 12.7. The highest BCUT2D eigenvalue weighted by atomic mass is 16.5. The Hall–Kier alpha value is -2.53. The fraction of sp³-hybridized carbons (Fsp3) is 0.381. The smallest absolute Gasteiger partial charge is 0.258 e. The van der Waals surface area contributed by atoms with Gasteiger partial charge in [-0.1, -0.05) is 36.4 Å².